The quantitative estimate of drug-likeness (QED) is 0.189. The van der Waals surface area contributed by atoms with Crippen molar-refractivity contribution in [3.8, 4) is 33.8 Å². The fourth-order valence-corrected chi connectivity index (χ4v) is 8.03. The Bertz CT molecular complexity index is 3070. The number of benzene rings is 7. The van der Waals surface area contributed by atoms with Crippen LogP contribution in [-0.2, 0) is 0 Å². The predicted molar refractivity (Wildman–Crippen MR) is 216 cm³/mol. The summed E-state index contributed by atoms with van der Waals surface area (Å²) in [5.41, 5.74) is 9.14. The van der Waals surface area contributed by atoms with E-state index in [2.05, 4.69) is 101 Å². The molecule has 0 radical (unpaired) electrons. The third kappa shape index (κ3) is 4.67. The zero-order chi connectivity index (χ0) is 35.6. The number of aromatic amines is 1. The van der Waals surface area contributed by atoms with E-state index in [-0.39, 0.29) is 6.03 Å². The Balaban J connectivity index is 1.40. The number of fused-ring (bicyclic) bond motifs is 8. The number of rotatable bonds is 5. The smallest absolute Gasteiger partial charge is 0.332 e. The Hall–Kier alpha value is -7.12. The SMILES string of the molecule is COc1ccc(NC(=O)n2c3ccccc3c3c(-c4c5ccccc5c(-c5ccccc5)c5[nH]c6ccccc6c45)c4cc(OC)ccc4nc32)cc1. The Labute approximate surface area is 304 Å². The summed E-state index contributed by atoms with van der Waals surface area (Å²) in [5.74, 6) is 1.43. The molecule has 0 fully saturated rings. The van der Waals surface area contributed by atoms with Gasteiger partial charge in [-0.15, -0.1) is 0 Å². The third-order valence-corrected chi connectivity index (χ3v) is 10.3. The van der Waals surface area contributed by atoms with Crippen LogP contribution in [0.5, 0.6) is 11.5 Å². The van der Waals surface area contributed by atoms with Crippen LogP contribution in [0.1, 0.15) is 0 Å². The standard InChI is InChI=1S/C46H32N4O3/c1-52-29-22-20-28(21-23-29)47-46(51)50-38-19-11-9-17-34(38)43-41(35-26-30(53-2)24-25-37(35)49-45(43)50)40-32-15-7-6-14-31(32)39(27-12-4-3-5-13-27)44-42(40)33-16-8-10-18-36(33)48-44/h3-26,48H,1-2H3,(H,47,51). The lowest BCUT2D eigenvalue weighted by Crippen LogP contribution is -2.19. The molecule has 0 saturated heterocycles. The number of anilines is 1. The molecule has 0 atom stereocenters. The number of hydrogen-bond donors (Lipinski definition) is 2. The maximum atomic E-state index is 14.5. The van der Waals surface area contributed by atoms with Gasteiger partial charge in [-0.25, -0.2) is 14.3 Å². The largest absolute Gasteiger partial charge is 0.497 e. The average molecular weight is 689 g/mol. The van der Waals surface area contributed by atoms with E-state index in [9.17, 15) is 4.79 Å². The van der Waals surface area contributed by atoms with Crippen molar-refractivity contribution in [1.82, 2.24) is 14.5 Å². The average Bonchev–Trinajstić information content (AvgIpc) is 3.75. The van der Waals surface area contributed by atoms with Crippen molar-refractivity contribution in [3.05, 3.63) is 146 Å². The molecule has 0 unspecified atom stereocenters. The molecule has 254 valence electrons. The first-order valence-corrected chi connectivity index (χ1v) is 17.5. The highest BCUT2D eigenvalue weighted by Gasteiger charge is 2.27. The van der Waals surface area contributed by atoms with Gasteiger partial charge in [0.1, 0.15) is 11.5 Å². The lowest BCUT2D eigenvalue weighted by Gasteiger charge is -2.18. The fourth-order valence-electron chi connectivity index (χ4n) is 8.03. The van der Waals surface area contributed by atoms with Gasteiger partial charge in [0.25, 0.3) is 0 Å². The van der Waals surface area contributed by atoms with E-state index in [0.29, 0.717) is 17.1 Å². The van der Waals surface area contributed by atoms with E-state index in [1.807, 2.05) is 54.6 Å². The van der Waals surface area contributed by atoms with Crippen LogP contribution in [0.25, 0.3) is 87.7 Å². The molecule has 1 amide bonds. The Kier molecular flexibility index (Phi) is 6.94. The Morgan fingerprint density at radius 1 is 0.604 bits per heavy atom. The number of carbonyl (C=O) groups is 1. The summed E-state index contributed by atoms with van der Waals surface area (Å²) >= 11 is 0. The van der Waals surface area contributed by atoms with Crippen LogP contribution in [0.2, 0.25) is 0 Å². The number of hydrogen-bond acceptors (Lipinski definition) is 4. The normalized spacial score (nSPS) is 11.7. The minimum Gasteiger partial charge on any atom is -0.497 e. The molecule has 3 heterocycles. The van der Waals surface area contributed by atoms with Crippen molar-refractivity contribution < 1.29 is 14.3 Å². The molecule has 0 spiro atoms. The number of carbonyl (C=O) groups excluding carboxylic acids is 1. The first kappa shape index (κ1) is 30.7. The van der Waals surface area contributed by atoms with Crippen LogP contribution in [0.15, 0.2) is 146 Å². The first-order chi connectivity index (χ1) is 26.1. The zero-order valence-corrected chi connectivity index (χ0v) is 29.0. The highest BCUT2D eigenvalue weighted by Crippen LogP contribution is 2.50. The second-order valence-corrected chi connectivity index (χ2v) is 13.2. The van der Waals surface area contributed by atoms with Crippen LogP contribution >= 0.6 is 0 Å². The number of ether oxygens (including phenoxy) is 2. The topological polar surface area (TPSA) is 81.2 Å². The maximum Gasteiger partial charge on any atom is 0.332 e. The van der Waals surface area contributed by atoms with E-state index in [1.54, 1.807) is 18.8 Å². The summed E-state index contributed by atoms with van der Waals surface area (Å²) in [6.45, 7) is 0. The van der Waals surface area contributed by atoms with Gasteiger partial charge in [0.15, 0.2) is 5.65 Å². The summed E-state index contributed by atoms with van der Waals surface area (Å²) in [6.07, 6.45) is 0. The molecule has 10 aromatic rings. The van der Waals surface area contributed by atoms with Crippen molar-refractivity contribution in [1.29, 1.82) is 0 Å². The molecule has 0 bridgehead atoms. The van der Waals surface area contributed by atoms with Crippen molar-refractivity contribution in [2.75, 3.05) is 19.5 Å². The Morgan fingerprint density at radius 3 is 1.98 bits per heavy atom. The fraction of sp³-hybridized carbons (Fsp3) is 0.0435. The van der Waals surface area contributed by atoms with Crippen molar-refractivity contribution in [2.24, 2.45) is 0 Å². The molecule has 3 aromatic heterocycles. The van der Waals surface area contributed by atoms with E-state index >= 15 is 0 Å². The summed E-state index contributed by atoms with van der Waals surface area (Å²) in [4.78, 5) is 23.6. The summed E-state index contributed by atoms with van der Waals surface area (Å²) < 4.78 is 12.9. The van der Waals surface area contributed by atoms with Gasteiger partial charge in [-0.05, 0) is 70.9 Å². The molecule has 0 saturated carbocycles. The number of nitrogens with one attached hydrogen (secondary N) is 2. The van der Waals surface area contributed by atoms with Crippen molar-refractivity contribution in [3.63, 3.8) is 0 Å². The molecule has 7 heteroatoms. The molecule has 0 aliphatic carbocycles. The lowest BCUT2D eigenvalue weighted by molar-refractivity contribution is 0.255. The summed E-state index contributed by atoms with van der Waals surface area (Å²) in [7, 11) is 3.31. The van der Waals surface area contributed by atoms with Gasteiger partial charge in [-0.2, -0.15) is 0 Å². The highest BCUT2D eigenvalue weighted by molar-refractivity contribution is 6.34. The van der Waals surface area contributed by atoms with Gasteiger partial charge in [-0.1, -0.05) is 91.0 Å². The monoisotopic (exact) mass is 688 g/mol. The van der Waals surface area contributed by atoms with Gasteiger partial charge >= 0.3 is 6.03 Å². The molecule has 0 aliphatic heterocycles. The molecular weight excluding hydrogens is 657 g/mol. The van der Waals surface area contributed by atoms with Crippen molar-refractivity contribution >= 4 is 77.1 Å². The highest BCUT2D eigenvalue weighted by atomic mass is 16.5. The second kappa shape index (κ2) is 12.0. The van der Waals surface area contributed by atoms with Crippen LogP contribution < -0.4 is 14.8 Å². The maximum absolute atomic E-state index is 14.5. The van der Waals surface area contributed by atoms with Crippen LogP contribution in [0.3, 0.4) is 0 Å². The number of aromatic nitrogens is 3. The van der Waals surface area contributed by atoms with E-state index in [4.69, 9.17) is 14.5 Å². The Morgan fingerprint density at radius 2 is 1.23 bits per heavy atom. The van der Waals surface area contributed by atoms with E-state index in [1.165, 1.54) is 0 Å². The molecule has 2 N–H and O–H groups in total. The number of amides is 1. The minimum absolute atomic E-state index is 0.311. The molecule has 7 aromatic carbocycles. The van der Waals surface area contributed by atoms with E-state index in [0.717, 1.165) is 87.8 Å². The molecule has 10 rings (SSSR count). The summed E-state index contributed by atoms with van der Waals surface area (Å²) in [6, 6.07) is 48.7. The number of para-hydroxylation sites is 2. The van der Waals surface area contributed by atoms with Crippen LogP contribution in [0.4, 0.5) is 10.5 Å². The van der Waals surface area contributed by atoms with Gasteiger partial charge < -0.3 is 19.8 Å². The molecular formula is C46H32N4O3. The van der Waals surface area contributed by atoms with Crippen LogP contribution in [0, 0.1) is 0 Å². The zero-order valence-electron chi connectivity index (χ0n) is 29.0. The first-order valence-electron chi connectivity index (χ1n) is 17.5. The predicted octanol–water partition coefficient (Wildman–Crippen LogP) is 11.6. The van der Waals surface area contributed by atoms with Gasteiger partial charge in [0, 0.05) is 54.8 Å². The lowest BCUT2D eigenvalue weighted by atomic mass is 9.85. The molecule has 53 heavy (non-hydrogen) atoms. The van der Waals surface area contributed by atoms with Crippen molar-refractivity contribution in [2.45, 2.75) is 0 Å². The van der Waals surface area contributed by atoms with Gasteiger partial charge in [0.05, 0.1) is 30.8 Å². The number of nitrogens with zero attached hydrogens (tertiary/aromatic N) is 2. The second-order valence-electron chi connectivity index (χ2n) is 13.2. The molecule has 7 nitrogen and oxygen atoms in total. The number of H-pyrrole nitrogens is 1. The van der Waals surface area contributed by atoms with Gasteiger partial charge in [0.2, 0.25) is 0 Å². The third-order valence-electron chi connectivity index (χ3n) is 10.3. The van der Waals surface area contributed by atoms with Gasteiger partial charge in [-0.3, -0.25) is 0 Å². The minimum atomic E-state index is -0.311. The van der Waals surface area contributed by atoms with E-state index < -0.39 is 0 Å². The summed E-state index contributed by atoms with van der Waals surface area (Å²) in [5, 5.41) is 10.3. The molecule has 0 aliphatic rings. The number of pyridine rings is 1. The number of methoxy groups -OCH3 is 2. The van der Waals surface area contributed by atoms with Crippen LogP contribution in [-0.4, -0.2) is 34.8 Å².